The fourth-order valence-corrected chi connectivity index (χ4v) is 2.56. The molecule has 126 valence electrons. The Kier molecular flexibility index (Phi) is 5.77. The number of guanidine groups is 1. The van der Waals surface area contributed by atoms with Crippen molar-refractivity contribution in [2.24, 2.45) is 4.99 Å². The third-order valence-corrected chi connectivity index (χ3v) is 3.87. The fraction of sp³-hybridized carbons (Fsp3) is 0.143. The zero-order chi connectivity index (χ0) is 17.3. The Labute approximate surface area is 148 Å². The summed E-state index contributed by atoms with van der Waals surface area (Å²) in [5.41, 5.74) is 4.51. The highest BCUT2D eigenvalue weighted by molar-refractivity contribution is 5.79. The van der Waals surface area contributed by atoms with Crippen LogP contribution in [-0.2, 0) is 13.1 Å². The van der Waals surface area contributed by atoms with Gasteiger partial charge in [-0.2, -0.15) is 0 Å². The highest BCUT2D eigenvalue weighted by Crippen LogP contribution is 2.17. The molecule has 25 heavy (non-hydrogen) atoms. The molecule has 4 nitrogen and oxygen atoms in total. The van der Waals surface area contributed by atoms with E-state index in [1.165, 1.54) is 11.1 Å². The minimum absolute atomic E-state index is 0.704. The number of aromatic nitrogens is 1. The lowest BCUT2D eigenvalue weighted by molar-refractivity contribution is 0.809. The van der Waals surface area contributed by atoms with Gasteiger partial charge in [-0.3, -0.25) is 9.98 Å². The van der Waals surface area contributed by atoms with Crippen LogP contribution in [0.25, 0.3) is 11.3 Å². The molecule has 1 heterocycles. The van der Waals surface area contributed by atoms with Gasteiger partial charge in [-0.1, -0.05) is 54.6 Å². The van der Waals surface area contributed by atoms with E-state index in [1.54, 1.807) is 7.05 Å². The molecule has 0 spiro atoms. The summed E-state index contributed by atoms with van der Waals surface area (Å²) < 4.78 is 0. The van der Waals surface area contributed by atoms with Crippen LogP contribution < -0.4 is 10.6 Å². The van der Waals surface area contributed by atoms with Crippen molar-refractivity contribution in [2.45, 2.75) is 13.1 Å². The predicted octanol–water partition coefficient (Wildman–Crippen LogP) is 3.61. The number of pyridine rings is 1. The second-order valence-electron chi connectivity index (χ2n) is 5.68. The first-order valence-electron chi connectivity index (χ1n) is 8.34. The van der Waals surface area contributed by atoms with Crippen LogP contribution >= 0.6 is 0 Å². The summed E-state index contributed by atoms with van der Waals surface area (Å²) in [6.07, 6.45) is 1.82. The average molecular weight is 330 g/mol. The Hall–Kier alpha value is -3.14. The van der Waals surface area contributed by atoms with E-state index in [9.17, 15) is 0 Å². The molecule has 0 aliphatic carbocycles. The molecule has 0 saturated heterocycles. The molecule has 0 aliphatic heterocycles. The van der Waals surface area contributed by atoms with E-state index in [2.05, 4.69) is 57.0 Å². The number of hydrogen-bond donors (Lipinski definition) is 2. The number of hydrogen-bond acceptors (Lipinski definition) is 2. The minimum Gasteiger partial charge on any atom is -0.352 e. The minimum atomic E-state index is 0.704. The van der Waals surface area contributed by atoms with E-state index >= 15 is 0 Å². The largest absolute Gasteiger partial charge is 0.352 e. The van der Waals surface area contributed by atoms with Crippen LogP contribution in [0.3, 0.4) is 0 Å². The van der Waals surface area contributed by atoms with Gasteiger partial charge in [0.2, 0.25) is 0 Å². The van der Waals surface area contributed by atoms with Crippen LogP contribution in [0.4, 0.5) is 0 Å². The van der Waals surface area contributed by atoms with Crippen molar-refractivity contribution in [1.29, 1.82) is 0 Å². The van der Waals surface area contributed by atoms with Crippen LogP contribution in [0.5, 0.6) is 0 Å². The summed E-state index contributed by atoms with van der Waals surface area (Å²) in [5, 5.41) is 6.68. The summed E-state index contributed by atoms with van der Waals surface area (Å²) >= 11 is 0. The van der Waals surface area contributed by atoms with Crippen molar-refractivity contribution in [3.8, 4) is 11.3 Å². The lowest BCUT2D eigenvalue weighted by Crippen LogP contribution is -2.36. The van der Waals surface area contributed by atoms with Crippen molar-refractivity contribution in [2.75, 3.05) is 7.05 Å². The molecule has 3 rings (SSSR count). The molecule has 2 N–H and O–H groups in total. The van der Waals surface area contributed by atoms with Crippen LogP contribution in [-0.4, -0.2) is 18.0 Å². The third-order valence-electron chi connectivity index (χ3n) is 3.87. The molecule has 3 aromatic rings. The Balaban J connectivity index is 1.59. The van der Waals surface area contributed by atoms with Crippen molar-refractivity contribution in [3.05, 3.63) is 90.1 Å². The number of benzene rings is 2. The lowest BCUT2D eigenvalue weighted by atomic mass is 10.1. The number of nitrogens with zero attached hydrogens (tertiary/aromatic N) is 2. The Bertz CT molecular complexity index is 814. The summed E-state index contributed by atoms with van der Waals surface area (Å²) in [6.45, 7) is 1.45. The molecule has 0 aliphatic rings. The van der Waals surface area contributed by atoms with E-state index in [1.807, 2.05) is 42.6 Å². The molecule has 0 unspecified atom stereocenters. The topological polar surface area (TPSA) is 49.3 Å². The standard InChI is InChI=1S/C21H22N4/c1-22-21(24-15-17-8-3-2-4-9-17)25-16-18-10-7-11-19(14-18)20-12-5-6-13-23-20/h2-14H,15-16H2,1H3,(H2,22,24,25). The van der Waals surface area contributed by atoms with Crippen molar-refractivity contribution < 1.29 is 0 Å². The van der Waals surface area contributed by atoms with Crippen molar-refractivity contribution in [1.82, 2.24) is 15.6 Å². The van der Waals surface area contributed by atoms with Gasteiger partial charge in [0, 0.05) is 31.9 Å². The Morgan fingerprint density at radius 3 is 2.28 bits per heavy atom. The van der Waals surface area contributed by atoms with Crippen LogP contribution in [0.15, 0.2) is 84.0 Å². The molecule has 0 saturated carbocycles. The molecule has 0 radical (unpaired) electrons. The van der Waals surface area contributed by atoms with Gasteiger partial charge in [0.1, 0.15) is 0 Å². The third kappa shape index (κ3) is 4.91. The average Bonchev–Trinajstić information content (AvgIpc) is 2.70. The molecular weight excluding hydrogens is 308 g/mol. The first-order valence-corrected chi connectivity index (χ1v) is 8.34. The Morgan fingerprint density at radius 1 is 0.840 bits per heavy atom. The highest BCUT2D eigenvalue weighted by atomic mass is 15.2. The number of aliphatic imine (C=N–C) groups is 1. The second-order valence-corrected chi connectivity index (χ2v) is 5.68. The molecule has 0 atom stereocenters. The van der Waals surface area contributed by atoms with Gasteiger partial charge in [-0.25, -0.2) is 0 Å². The van der Waals surface area contributed by atoms with Gasteiger partial charge < -0.3 is 10.6 Å². The molecule has 0 fully saturated rings. The zero-order valence-corrected chi connectivity index (χ0v) is 14.3. The van der Waals surface area contributed by atoms with Gasteiger partial charge >= 0.3 is 0 Å². The maximum Gasteiger partial charge on any atom is 0.191 e. The second kappa shape index (κ2) is 8.64. The highest BCUT2D eigenvalue weighted by Gasteiger charge is 2.02. The van der Waals surface area contributed by atoms with Gasteiger partial charge in [0.05, 0.1) is 5.69 Å². The summed E-state index contributed by atoms with van der Waals surface area (Å²) in [5.74, 6) is 0.784. The zero-order valence-electron chi connectivity index (χ0n) is 14.3. The first-order chi connectivity index (χ1) is 12.3. The quantitative estimate of drug-likeness (QED) is 0.555. The van der Waals surface area contributed by atoms with E-state index < -0.39 is 0 Å². The van der Waals surface area contributed by atoms with Gasteiger partial charge in [0.15, 0.2) is 5.96 Å². The van der Waals surface area contributed by atoms with Gasteiger partial charge in [-0.15, -0.1) is 0 Å². The lowest BCUT2D eigenvalue weighted by Gasteiger charge is -2.12. The molecular formula is C21H22N4. The summed E-state index contributed by atoms with van der Waals surface area (Å²) in [6, 6.07) is 24.6. The van der Waals surface area contributed by atoms with E-state index in [-0.39, 0.29) is 0 Å². The smallest absolute Gasteiger partial charge is 0.191 e. The maximum absolute atomic E-state index is 4.41. The molecule has 0 bridgehead atoms. The predicted molar refractivity (Wildman–Crippen MR) is 103 cm³/mol. The Morgan fingerprint density at radius 2 is 1.56 bits per heavy atom. The van der Waals surface area contributed by atoms with Crippen LogP contribution in [0, 0.1) is 0 Å². The van der Waals surface area contributed by atoms with Crippen LogP contribution in [0.1, 0.15) is 11.1 Å². The van der Waals surface area contributed by atoms with Crippen LogP contribution in [0.2, 0.25) is 0 Å². The maximum atomic E-state index is 4.41. The molecule has 2 aromatic carbocycles. The molecule has 4 heteroatoms. The monoisotopic (exact) mass is 330 g/mol. The summed E-state index contributed by atoms with van der Waals surface area (Å²) in [7, 11) is 1.78. The SMILES string of the molecule is CN=C(NCc1ccccc1)NCc1cccc(-c2ccccn2)c1. The molecule has 1 aromatic heterocycles. The summed E-state index contributed by atoms with van der Waals surface area (Å²) in [4.78, 5) is 8.69. The van der Waals surface area contributed by atoms with E-state index in [0.29, 0.717) is 6.54 Å². The van der Waals surface area contributed by atoms with E-state index in [4.69, 9.17) is 0 Å². The van der Waals surface area contributed by atoms with Gasteiger partial charge in [-0.05, 0) is 29.3 Å². The number of nitrogens with one attached hydrogen (secondary N) is 2. The first kappa shape index (κ1) is 16.7. The van der Waals surface area contributed by atoms with Crippen molar-refractivity contribution >= 4 is 5.96 Å². The normalized spacial score (nSPS) is 11.2. The molecule has 0 amide bonds. The fourth-order valence-electron chi connectivity index (χ4n) is 2.56. The number of rotatable bonds is 5. The van der Waals surface area contributed by atoms with Gasteiger partial charge in [0.25, 0.3) is 0 Å². The van der Waals surface area contributed by atoms with E-state index in [0.717, 1.165) is 23.8 Å². The van der Waals surface area contributed by atoms with Crippen molar-refractivity contribution in [3.63, 3.8) is 0 Å².